The molecule has 0 fully saturated rings. The smallest absolute Gasteiger partial charge is 0.215 e. The summed E-state index contributed by atoms with van der Waals surface area (Å²) in [5.41, 5.74) is 7.16. The fraction of sp³-hybridized carbons (Fsp3) is 0.455. The van der Waals surface area contributed by atoms with Crippen molar-refractivity contribution in [3.05, 3.63) is 18.0 Å². The van der Waals surface area contributed by atoms with Gasteiger partial charge in [-0.1, -0.05) is 0 Å². The minimum atomic E-state index is -3.03. The predicted octanol–water partition coefficient (Wildman–Crippen LogP) is 0.401. The number of hydrogen-bond donors (Lipinski definition) is 2. The van der Waals surface area contributed by atoms with Gasteiger partial charge in [0.1, 0.15) is 15.7 Å². The second-order valence-electron chi connectivity index (χ2n) is 4.37. The van der Waals surface area contributed by atoms with E-state index in [1.807, 2.05) is 0 Å². The van der Waals surface area contributed by atoms with Crippen LogP contribution in [0, 0.1) is 0 Å². The first-order valence-corrected chi connectivity index (χ1v) is 7.79. The molecule has 3 N–H and O–H groups in total. The third-order valence-electron chi connectivity index (χ3n) is 2.70. The molecule has 104 valence electrons. The lowest BCUT2D eigenvalue weighted by molar-refractivity contribution is 0.399. The molecule has 0 saturated heterocycles. The van der Waals surface area contributed by atoms with Crippen LogP contribution in [0.15, 0.2) is 12.1 Å². The van der Waals surface area contributed by atoms with Crippen LogP contribution >= 0.6 is 0 Å². The Labute approximate surface area is 111 Å². The van der Waals surface area contributed by atoms with Gasteiger partial charge in [-0.3, -0.25) is 0 Å². The molecule has 1 atom stereocenters. The van der Waals surface area contributed by atoms with Crippen molar-refractivity contribution < 1.29 is 13.2 Å². The van der Waals surface area contributed by atoms with Gasteiger partial charge in [0.2, 0.25) is 5.88 Å². The van der Waals surface area contributed by atoms with Crippen LogP contribution in [0.4, 0.5) is 0 Å². The third-order valence-corrected chi connectivity index (χ3v) is 3.68. The Balaban J connectivity index is 2.20. The number of imidazole rings is 1. The normalized spacial score (nSPS) is 13.6. The number of nitrogens with one attached hydrogen (secondary N) is 1. The fourth-order valence-corrected chi connectivity index (χ4v) is 2.34. The SMILES string of the molecule is COc1ccc2[nH]c(C(N)CCS(C)(=O)=O)nc2n1. The Morgan fingerprint density at radius 2 is 2.16 bits per heavy atom. The van der Waals surface area contributed by atoms with Crippen LogP contribution in [0.2, 0.25) is 0 Å². The van der Waals surface area contributed by atoms with E-state index in [-0.39, 0.29) is 5.75 Å². The highest BCUT2D eigenvalue weighted by Gasteiger charge is 2.14. The first kappa shape index (κ1) is 13.8. The van der Waals surface area contributed by atoms with Gasteiger partial charge in [0.05, 0.1) is 24.4 Å². The number of nitrogens with two attached hydrogens (primary N) is 1. The van der Waals surface area contributed by atoms with Crippen molar-refractivity contribution in [2.75, 3.05) is 19.1 Å². The van der Waals surface area contributed by atoms with Gasteiger partial charge in [0.25, 0.3) is 0 Å². The van der Waals surface area contributed by atoms with E-state index in [4.69, 9.17) is 10.5 Å². The summed E-state index contributed by atoms with van der Waals surface area (Å²) in [4.78, 5) is 11.5. The molecule has 8 heteroatoms. The highest BCUT2D eigenvalue weighted by molar-refractivity contribution is 7.90. The van der Waals surface area contributed by atoms with Gasteiger partial charge < -0.3 is 15.5 Å². The molecule has 0 radical (unpaired) electrons. The molecule has 7 nitrogen and oxygen atoms in total. The molecular formula is C11H16N4O3S. The summed E-state index contributed by atoms with van der Waals surface area (Å²) in [5, 5.41) is 0. The third kappa shape index (κ3) is 3.42. The number of hydrogen-bond acceptors (Lipinski definition) is 6. The topological polar surface area (TPSA) is 111 Å². The molecule has 0 bridgehead atoms. The van der Waals surface area contributed by atoms with Crippen molar-refractivity contribution in [1.29, 1.82) is 0 Å². The Kier molecular flexibility index (Phi) is 3.72. The highest BCUT2D eigenvalue weighted by atomic mass is 32.2. The van der Waals surface area contributed by atoms with Crippen molar-refractivity contribution in [3.8, 4) is 5.88 Å². The summed E-state index contributed by atoms with van der Waals surface area (Å²) in [6.07, 6.45) is 1.50. The summed E-state index contributed by atoms with van der Waals surface area (Å²) >= 11 is 0. The van der Waals surface area contributed by atoms with E-state index in [0.717, 1.165) is 5.52 Å². The van der Waals surface area contributed by atoms with Gasteiger partial charge in [-0.25, -0.2) is 13.4 Å². The number of ether oxygens (including phenoxy) is 1. The molecular weight excluding hydrogens is 268 g/mol. The van der Waals surface area contributed by atoms with Crippen LogP contribution in [0.3, 0.4) is 0 Å². The number of aromatic nitrogens is 3. The summed E-state index contributed by atoms with van der Waals surface area (Å²) in [7, 11) is -1.50. The monoisotopic (exact) mass is 284 g/mol. The average molecular weight is 284 g/mol. The Morgan fingerprint density at radius 1 is 1.42 bits per heavy atom. The number of fused-ring (bicyclic) bond motifs is 1. The zero-order chi connectivity index (χ0) is 14.0. The van der Waals surface area contributed by atoms with E-state index in [2.05, 4.69) is 15.0 Å². The molecule has 0 aliphatic carbocycles. The second-order valence-corrected chi connectivity index (χ2v) is 6.63. The second kappa shape index (κ2) is 5.14. The average Bonchev–Trinajstić information content (AvgIpc) is 2.77. The van der Waals surface area contributed by atoms with Crippen LogP contribution in [0.5, 0.6) is 5.88 Å². The van der Waals surface area contributed by atoms with Gasteiger partial charge in [-0.2, -0.15) is 4.98 Å². The van der Waals surface area contributed by atoms with Crippen molar-refractivity contribution in [2.24, 2.45) is 5.73 Å². The van der Waals surface area contributed by atoms with E-state index in [9.17, 15) is 8.42 Å². The Hall–Kier alpha value is -1.67. The number of nitrogens with zero attached hydrogens (tertiary/aromatic N) is 2. The summed E-state index contributed by atoms with van der Waals surface area (Å²) in [6.45, 7) is 0. The molecule has 1 unspecified atom stereocenters. The Morgan fingerprint density at radius 3 is 2.79 bits per heavy atom. The van der Waals surface area contributed by atoms with Gasteiger partial charge in [0.15, 0.2) is 5.65 Å². The van der Waals surface area contributed by atoms with Crippen molar-refractivity contribution in [1.82, 2.24) is 15.0 Å². The zero-order valence-corrected chi connectivity index (χ0v) is 11.6. The minimum Gasteiger partial charge on any atom is -0.481 e. The number of aromatic amines is 1. The Bertz CT molecular complexity index is 680. The van der Waals surface area contributed by atoms with Crippen molar-refractivity contribution in [3.63, 3.8) is 0 Å². The minimum absolute atomic E-state index is 0.0297. The lowest BCUT2D eigenvalue weighted by atomic mass is 10.2. The first-order valence-electron chi connectivity index (χ1n) is 5.73. The molecule has 2 aromatic heterocycles. The van der Waals surface area contributed by atoms with E-state index in [1.165, 1.54) is 13.4 Å². The van der Waals surface area contributed by atoms with Crippen LogP contribution in [0.1, 0.15) is 18.3 Å². The number of pyridine rings is 1. The predicted molar refractivity (Wildman–Crippen MR) is 71.7 cm³/mol. The lowest BCUT2D eigenvalue weighted by Gasteiger charge is -2.06. The van der Waals surface area contributed by atoms with Crippen LogP contribution in [-0.4, -0.2) is 42.5 Å². The van der Waals surface area contributed by atoms with Gasteiger partial charge in [-0.15, -0.1) is 0 Å². The number of H-pyrrole nitrogens is 1. The van der Waals surface area contributed by atoms with Crippen LogP contribution < -0.4 is 10.5 Å². The van der Waals surface area contributed by atoms with Crippen molar-refractivity contribution in [2.45, 2.75) is 12.5 Å². The first-order chi connectivity index (χ1) is 8.89. The van der Waals surface area contributed by atoms with Gasteiger partial charge in [0, 0.05) is 12.3 Å². The summed E-state index contributed by atoms with van der Waals surface area (Å²) in [6, 6.07) is 3.04. The standard InChI is InChI=1S/C11H16N4O3S/c1-18-9-4-3-8-11(14-9)15-10(13-8)7(12)5-6-19(2,16)17/h3-4,7H,5-6,12H2,1-2H3,(H,13,14,15). The quantitative estimate of drug-likeness (QED) is 0.822. The zero-order valence-electron chi connectivity index (χ0n) is 10.8. The molecule has 2 rings (SSSR count). The van der Waals surface area contributed by atoms with E-state index >= 15 is 0 Å². The molecule has 0 aromatic carbocycles. The molecule has 0 spiro atoms. The van der Waals surface area contributed by atoms with E-state index in [0.29, 0.717) is 23.8 Å². The molecule has 19 heavy (non-hydrogen) atoms. The molecule has 0 aliphatic rings. The van der Waals surface area contributed by atoms with Gasteiger partial charge in [-0.05, 0) is 12.5 Å². The number of sulfone groups is 1. The molecule has 0 saturated carbocycles. The maximum absolute atomic E-state index is 11.1. The molecule has 0 aliphatic heterocycles. The summed E-state index contributed by atoms with van der Waals surface area (Å²) < 4.78 is 27.2. The fourth-order valence-electron chi connectivity index (χ4n) is 1.66. The van der Waals surface area contributed by atoms with Crippen molar-refractivity contribution >= 4 is 21.0 Å². The van der Waals surface area contributed by atoms with Crippen LogP contribution in [0.25, 0.3) is 11.2 Å². The summed E-state index contributed by atoms with van der Waals surface area (Å²) in [5.74, 6) is 1.02. The highest BCUT2D eigenvalue weighted by Crippen LogP contribution is 2.18. The number of rotatable bonds is 5. The number of methoxy groups -OCH3 is 1. The molecule has 0 amide bonds. The van der Waals surface area contributed by atoms with Crippen LogP contribution in [-0.2, 0) is 9.84 Å². The van der Waals surface area contributed by atoms with E-state index in [1.54, 1.807) is 12.1 Å². The lowest BCUT2D eigenvalue weighted by Crippen LogP contribution is -2.16. The van der Waals surface area contributed by atoms with E-state index < -0.39 is 15.9 Å². The maximum Gasteiger partial charge on any atom is 0.215 e. The maximum atomic E-state index is 11.1. The van der Waals surface area contributed by atoms with Gasteiger partial charge >= 0.3 is 0 Å². The molecule has 2 aromatic rings. The molecule has 2 heterocycles. The largest absolute Gasteiger partial charge is 0.481 e.